The number of carbonyl (C=O) groups excluding carboxylic acids is 2. The van der Waals surface area contributed by atoms with Gasteiger partial charge in [-0.25, -0.2) is 0 Å². The molecule has 31 heavy (non-hydrogen) atoms. The molecule has 0 bridgehead atoms. The van der Waals surface area contributed by atoms with Gasteiger partial charge in [0.05, 0.1) is 24.3 Å². The van der Waals surface area contributed by atoms with Crippen LogP contribution in [0, 0.1) is 11.8 Å². The molecule has 7 heteroatoms. The highest BCUT2D eigenvalue weighted by Gasteiger charge is 2.27. The molecule has 3 heterocycles. The van der Waals surface area contributed by atoms with Crippen molar-refractivity contribution in [2.75, 3.05) is 57.7 Å². The smallest absolute Gasteiger partial charge is 0.238 e. The van der Waals surface area contributed by atoms with Crippen LogP contribution >= 0.6 is 0 Å². The zero-order valence-electron chi connectivity index (χ0n) is 18.6. The minimum absolute atomic E-state index is 0.0165. The maximum Gasteiger partial charge on any atom is 0.238 e. The first-order valence-corrected chi connectivity index (χ1v) is 11.3. The van der Waals surface area contributed by atoms with Crippen LogP contribution in [-0.2, 0) is 9.59 Å². The van der Waals surface area contributed by atoms with Crippen molar-refractivity contribution in [3.8, 4) is 0 Å². The van der Waals surface area contributed by atoms with E-state index in [1.165, 1.54) is 6.42 Å². The van der Waals surface area contributed by atoms with E-state index in [-0.39, 0.29) is 11.8 Å². The van der Waals surface area contributed by atoms with Crippen molar-refractivity contribution < 1.29 is 9.59 Å². The van der Waals surface area contributed by atoms with Crippen LogP contribution in [0.3, 0.4) is 0 Å². The molecule has 4 rings (SSSR count). The summed E-state index contributed by atoms with van der Waals surface area (Å²) in [5, 5.41) is 3.98. The summed E-state index contributed by atoms with van der Waals surface area (Å²) in [4.78, 5) is 36.1. The lowest BCUT2D eigenvalue weighted by molar-refractivity contribution is -0.135. The van der Waals surface area contributed by atoms with Crippen molar-refractivity contribution in [3.05, 3.63) is 36.5 Å². The van der Waals surface area contributed by atoms with Crippen LogP contribution in [0.5, 0.6) is 0 Å². The summed E-state index contributed by atoms with van der Waals surface area (Å²) in [5.74, 6) is 1.40. The molecule has 2 amide bonds. The monoisotopic (exact) mass is 423 g/mol. The Labute approximate surface area is 184 Å². The lowest BCUT2D eigenvalue weighted by atomic mass is 9.92. The number of carbonyl (C=O) groups is 2. The molecule has 1 aromatic heterocycles. The lowest BCUT2D eigenvalue weighted by Gasteiger charge is -2.38. The molecule has 0 saturated carbocycles. The molecular formula is C24H33N5O2. The molecule has 0 spiro atoms. The number of rotatable bonds is 5. The lowest BCUT2D eigenvalue weighted by Crippen LogP contribution is -2.52. The predicted octanol–water partition coefficient (Wildman–Crippen LogP) is 2.30. The number of piperazine rings is 1. The van der Waals surface area contributed by atoms with Crippen molar-refractivity contribution in [3.63, 3.8) is 0 Å². The molecule has 0 radical (unpaired) electrons. The van der Waals surface area contributed by atoms with E-state index in [2.05, 4.69) is 33.9 Å². The number of benzene rings is 1. The van der Waals surface area contributed by atoms with Gasteiger partial charge in [-0.3, -0.25) is 24.4 Å². The topological polar surface area (TPSA) is 68.8 Å². The van der Waals surface area contributed by atoms with Gasteiger partial charge in [-0.15, -0.1) is 0 Å². The van der Waals surface area contributed by atoms with Crippen molar-refractivity contribution in [1.29, 1.82) is 0 Å². The fourth-order valence-electron chi connectivity index (χ4n) is 4.87. The Hall–Kier alpha value is -2.51. The van der Waals surface area contributed by atoms with Crippen LogP contribution in [-0.4, -0.2) is 83.9 Å². The average molecular weight is 424 g/mol. The third-order valence-electron chi connectivity index (χ3n) is 6.33. The number of anilines is 1. The highest BCUT2D eigenvalue weighted by Crippen LogP contribution is 2.22. The third kappa shape index (κ3) is 5.60. The number of pyridine rings is 1. The second kappa shape index (κ2) is 9.75. The number of nitrogens with zero attached hydrogens (tertiary/aromatic N) is 4. The summed E-state index contributed by atoms with van der Waals surface area (Å²) in [5.41, 5.74) is 1.67. The first kappa shape index (κ1) is 21.7. The Morgan fingerprint density at radius 1 is 0.968 bits per heavy atom. The highest BCUT2D eigenvalue weighted by atomic mass is 16.2. The quantitative estimate of drug-likeness (QED) is 0.799. The van der Waals surface area contributed by atoms with E-state index in [1.807, 2.05) is 35.2 Å². The zero-order chi connectivity index (χ0) is 21.8. The predicted molar refractivity (Wildman–Crippen MR) is 123 cm³/mol. The summed E-state index contributed by atoms with van der Waals surface area (Å²) in [6.07, 6.45) is 2.96. The largest absolute Gasteiger partial charge is 0.341 e. The van der Waals surface area contributed by atoms with Crippen molar-refractivity contribution in [2.45, 2.75) is 20.3 Å². The minimum atomic E-state index is -0.0165. The Kier molecular flexibility index (Phi) is 6.83. The summed E-state index contributed by atoms with van der Waals surface area (Å²) >= 11 is 0. The van der Waals surface area contributed by atoms with E-state index in [4.69, 9.17) is 0 Å². The molecule has 1 N–H and O–H groups in total. The normalized spacial score (nSPS) is 23.1. The SMILES string of the molecule is C[C@@H]1C[C@@H](C)CN(C(=O)CN2CCN(CC(=O)Nc3cccc4ncccc34)CC2)C1. The molecule has 2 aliphatic rings. The third-order valence-corrected chi connectivity index (χ3v) is 6.33. The van der Waals surface area contributed by atoms with Gasteiger partial charge in [0.2, 0.25) is 11.8 Å². The number of amides is 2. The fraction of sp³-hybridized carbons (Fsp3) is 0.542. The zero-order valence-corrected chi connectivity index (χ0v) is 18.6. The van der Waals surface area contributed by atoms with Gasteiger partial charge in [-0.2, -0.15) is 0 Å². The molecule has 2 fully saturated rings. The second-order valence-electron chi connectivity index (χ2n) is 9.22. The summed E-state index contributed by atoms with van der Waals surface area (Å²) in [6.45, 7) is 10.3. The molecule has 2 saturated heterocycles. The van der Waals surface area contributed by atoms with Gasteiger partial charge in [-0.1, -0.05) is 19.9 Å². The average Bonchev–Trinajstić information content (AvgIpc) is 2.75. The van der Waals surface area contributed by atoms with Crippen molar-refractivity contribution in [2.24, 2.45) is 11.8 Å². The van der Waals surface area contributed by atoms with Gasteiger partial charge in [-0.05, 0) is 42.5 Å². The molecule has 2 aromatic rings. The maximum absolute atomic E-state index is 12.7. The van der Waals surface area contributed by atoms with E-state index in [0.29, 0.717) is 24.9 Å². The molecule has 0 unspecified atom stereocenters. The number of hydrogen-bond acceptors (Lipinski definition) is 5. The molecule has 1 aromatic carbocycles. The number of hydrogen-bond donors (Lipinski definition) is 1. The van der Waals surface area contributed by atoms with Crippen LogP contribution < -0.4 is 5.32 Å². The Morgan fingerprint density at radius 2 is 1.65 bits per heavy atom. The van der Waals surface area contributed by atoms with E-state index >= 15 is 0 Å². The molecule has 0 aliphatic carbocycles. The number of likely N-dealkylation sites (tertiary alicyclic amines) is 1. The second-order valence-corrected chi connectivity index (χ2v) is 9.22. The highest BCUT2D eigenvalue weighted by molar-refractivity contribution is 6.01. The number of aromatic nitrogens is 1. The summed E-state index contributed by atoms with van der Waals surface area (Å²) in [7, 11) is 0. The first-order chi connectivity index (χ1) is 15.0. The number of nitrogens with one attached hydrogen (secondary N) is 1. The van der Waals surface area contributed by atoms with E-state index in [9.17, 15) is 9.59 Å². The van der Waals surface area contributed by atoms with Gasteiger partial charge in [0.15, 0.2) is 0 Å². The van der Waals surface area contributed by atoms with Crippen LogP contribution in [0.25, 0.3) is 10.9 Å². The number of piperidine rings is 1. The van der Waals surface area contributed by atoms with Crippen LogP contribution in [0.4, 0.5) is 5.69 Å². The van der Waals surface area contributed by atoms with E-state index in [0.717, 1.165) is 55.9 Å². The summed E-state index contributed by atoms with van der Waals surface area (Å²) in [6, 6.07) is 9.61. The Balaban J connectivity index is 1.23. The molecular weight excluding hydrogens is 390 g/mol. The van der Waals surface area contributed by atoms with Crippen LogP contribution in [0.15, 0.2) is 36.5 Å². The molecule has 7 nitrogen and oxygen atoms in total. The van der Waals surface area contributed by atoms with E-state index in [1.54, 1.807) is 6.20 Å². The van der Waals surface area contributed by atoms with E-state index < -0.39 is 0 Å². The van der Waals surface area contributed by atoms with Gasteiger partial charge < -0.3 is 10.2 Å². The van der Waals surface area contributed by atoms with Gasteiger partial charge in [0, 0.05) is 50.9 Å². The van der Waals surface area contributed by atoms with Gasteiger partial charge in [0.25, 0.3) is 0 Å². The molecule has 166 valence electrons. The molecule has 2 atom stereocenters. The Bertz CT molecular complexity index is 910. The van der Waals surface area contributed by atoms with Crippen molar-refractivity contribution in [1.82, 2.24) is 19.7 Å². The van der Waals surface area contributed by atoms with Gasteiger partial charge >= 0.3 is 0 Å². The van der Waals surface area contributed by atoms with Crippen molar-refractivity contribution >= 4 is 28.4 Å². The fourth-order valence-corrected chi connectivity index (χ4v) is 4.87. The Morgan fingerprint density at radius 3 is 2.35 bits per heavy atom. The first-order valence-electron chi connectivity index (χ1n) is 11.3. The molecule has 2 aliphatic heterocycles. The summed E-state index contributed by atoms with van der Waals surface area (Å²) < 4.78 is 0. The minimum Gasteiger partial charge on any atom is -0.341 e. The maximum atomic E-state index is 12.7. The van der Waals surface area contributed by atoms with Crippen LogP contribution in [0.1, 0.15) is 20.3 Å². The van der Waals surface area contributed by atoms with Crippen LogP contribution in [0.2, 0.25) is 0 Å². The number of fused-ring (bicyclic) bond motifs is 1. The standard InChI is InChI=1S/C24H33N5O2/c1-18-13-19(2)15-29(14-18)24(31)17-28-11-9-27(10-12-28)16-23(30)26-22-7-3-6-21-20(22)5-4-8-25-21/h3-8,18-19H,9-17H2,1-2H3,(H,26,30)/t18-,19-/m1/s1. The van der Waals surface area contributed by atoms with Gasteiger partial charge in [0.1, 0.15) is 0 Å².